The molecular weight excluding hydrogens is 304 g/mol. The van der Waals surface area contributed by atoms with Gasteiger partial charge >= 0.3 is 0 Å². The predicted molar refractivity (Wildman–Crippen MR) is 71.3 cm³/mol. The zero-order valence-electron chi connectivity index (χ0n) is 11.3. The number of hydrogen-bond acceptors (Lipinski definition) is 7. The molecule has 11 heteroatoms. The summed E-state index contributed by atoms with van der Waals surface area (Å²) in [7, 11) is 0. The van der Waals surface area contributed by atoms with Gasteiger partial charge in [0, 0.05) is 6.42 Å². The van der Waals surface area contributed by atoms with Crippen LogP contribution in [0.3, 0.4) is 0 Å². The second-order valence-electron chi connectivity index (χ2n) is 4.49. The lowest BCUT2D eigenvalue weighted by Gasteiger charge is -2.13. The van der Waals surface area contributed by atoms with E-state index in [1.54, 1.807) is 0 Å². The molecule has 3 atom stereocenters. The van der Waals surface area contributed by atoms with Crippen LogP contribution in [0.2, 0.25) is 0 Å². The molecule has 122 valence electrons. The van der Waals surface area contributed by atoms with Crippen LogP contribution in [-0.2, 0) is 4.74 Å². The van der Waals surface area contributed by atoms with Gasteiger partial charge in [-0.05, 0) is 0 Å². The van der Waals surface area contributed by atoms with E-state index in [2.05, 4.69) is 15.0 Å². The Kier molecular flexibility index (Phi) is 5.00. The van der Waals surface area contributed by atoms with Gasteiger partial charge in [0.15, 0.2) is 11.2 Å². The summed E-state index contributed by atoms with van der Waals surface area (Å²) in [5.74, 6) is -0.0171. The molecule has 3 heterocycles. The SMILES string of the molecule is FCF.Nc1nc2c(ncn2C2CC(O)C(CO)O2)c(=O)[nH]1. The molecule has 1 aliphatic heterocycles. The van der Waals surface area contributed by atoms with E-state index in [1.165, 1.54) is 10.9 Å². The van der Waals surface area contributed by atoms with Crippen molar-refractivity contribution in [1.29, 1.82) is 0 Å². The number of fused-ring (bicyclic) bond motifs is 1. The van der Waals surface area contributed by atoms with Crippen LogP contribution in [0.4, 0.5) is 14.7 Å². The maximum atomic E-state index is 11.6. The largest absolute Gasteiger partial charge is 0.394 e. The molecule has 0 saturated carbocycles. The molecule has 0 aromatic carbocycles. The third-order valence-corrected chi connectivity index (χ3v) is 3.15. The Balaban J connectivity index is 0.000000545. The molecule has 0 spiro atoms. The summed E-state index contributed by atoms with van der Waals surface area (Å²) in [5, 5.41) is 18.8. The fourth-order valence-corrected chi connectivity index (χ4v) is 2.20. The number of H-pyrrole nitrogens is 1. The first-order valence-electron chi connectivity index (χ1n) is 6.30. The molecule has 0 amide bonds. The Labute approximate surface area is 122 Å². The molecule has 0 radical (unpaired) electrons. The molecule has 9 nitrogen and oxygen atoms in total. The van der Waals surface area contributed by atoms with Crippen LogP contribution in [0, 0.1) is 0 Å². The Bertz CT molecular complexity index is 691. The molecule has 1 saturated heterocycles. The average molecular weight is 319 g/mol. The molecule has 1 fully saturated rings. The minimum atomic E-state index is -1.75. The minimum Gasteiger partial charge on any atom is -0.394 e. The molecule has 5 N–H and O–H groups in total. The van der Waals surface area contributed by atoms with Crippen molar-refractivity contribution in [2.24, 2.45) is 0 Å². The first-order valence-corrected chi connectivity index (χ1v) is 6.30. The third-order valence-electron chi connectivity index (χ3n) is 3.15. The van der Waals surface area contributed by atoms with Gasteiger partial charge in [0.05, 0.1) is 19.0 Å². The number of hydrogen-bond donors (Lipinski definition) is 4. The van der Waals surface area contributed by atoms with E-state index in [-0.39, 0.29) is 30.1 Å². The Morgan fingerprint density at radius 3 is 2.82 bits per heavy atom. The quantitative estimate of drug-likeness (QED) is 0.569. The number of aliphatic hydroxyl groups is 2. The van der Waals surface area contributed by atoms with E-state index >= 15 is 0 Å². The summed E-state index contributed by atoms with van der Waals surface area (Å²) in [6, 6.07) is 0. The van der Waals surface area contributed by atoms with Gasteiger partial charge in [-0.1, -0.05) is 0 Å². The van der Waals surface area contributed by atoms with Crippen molar-refractivity contribution in [1.82, 2.24) is 19.5 Å². The fourth-order valence-electron chi connectivity index (χ4n) is 2.20. The number of halogens is 2. The van der Waals surface area contributed by atoms with Gasteiger partial charge in [-0.3, -0.25) is 14.3 Å². The molecule has 0 bridgehead atoms. The van der Waals surface area contributed by atoms with Crippen molar-refractivity contribution < 1.29 is 23.7 Å². The number of alkyl halides is 2. The highest BCUT2D eigenvalue weighted by Gasteiger charge is 2.35. The van der Waals surface area contributed by atoms with Gasteiger partial charge in [-0.25, -0.2) is 13.8 Å². The van der Waals surface area contributed by atoms with Crippen LogP contribution < -0.4 is 11.3 Å². The number of nitrogens with zero attached hydrogens (tertiary/aromatic N) is 3. The normalized spacial score (nSPS) is 24.3. The first-order chi connectivity index (χ1) is 10.5. The molecule has 2 aromatic rings. The van der Waals surface area contributed by atoms with Gasteiger partial charge in [0.25, 0.3) is 5.56 Å². The van der Waals surface area contributed by atoms with Crippen molar-refractivity contribution in [3.8, 4) is 0 Å². The monoisotopic (exact) mass is 319 g/mol. The maximum absolute atomic E-state index is 11.6. The molecule has 0 aliphatic carbocycles. The van der Waals surface area contributed by atoms with Gasteiger partial charge < -0.3 is 20.7 Å². The standard InChI is InChI=1S/C10H13N5O4.CH2F2/c11-10-13-8-7(9(18)14-10)12-3-15(8)6-1-4(17)5(2-16)19-6;2-1-3/h3-6,16-17H,1-2H2,(H3,11,13,14,18);1H2. The van der Waals surface area contributed by atoms with Crippen LogP contribution in [0.5, 0.6) is 0 Å². The van der Waals surface area contributed by atoms with Crippen molar-refractivity contribution >= 4 is 17.1 Å². The highest BCUT2D eigenvalue weighted by Crippen LogP contribution is 2.30. The molecule has 1 aliphatic rings. The highest BCUT2D eigenvalue weighted by atomic mass is 19.3. The highest BCUT2D eigenvalue weighted by molar-refractivity contribution is 5.70. The fraction of sp³-hybridized carbons (Fsp3) is 0.545. The number of anilines is 1. The number of aromatic amines is 1. The topological polar surface area (TPSA) is 139 Å². The molecular formula is C11H15F2N5O4. The van der Waals surface area contributed by atoms with Crippen molar-refractivity contribution in [2.75, 3.05) is 19.3 Å². The van der Waals surface area contributed by atoms with E-state index in [0.29, 0.717) is 0 Å². The Morgan fingerprint density at radius 1 is 1.55 bits per heavy atom. The van der Waals surface area contributed by atoms with E-state index in [4.69, 9.17) is 15.6 Å². The van der Waals surface area contributed by atoms with Crippen LogP contribution in [0.25, 0.3) is 11.2 Å². The zero-order chi connectivity index (χ0) is 16.3. The smallest absolute Gasteiger partial charge is 0.280 e. The van der Waals surface area contributed by atoms with E-state index in [1.807, 2.05) is 0 Å². The number of ether oxygens (including phenoxy) is 1. The molecule has 3 unspecified atom stereocenters. The third kappa shape index (κ3) is 3.05. The lowest BCUT2D eigenvalue weighted by molar-refractivity contribution is -0.0432. The number of aromatic nitrogens is 4. The predicted octanol–water partition coefficient (Wildman–Crippen LogP) is -0.775. The summed E-state index contributed by atoms with van der Waals surface area (Å²) >= 11 is 0. The average Bonchev–Trinajstić information content (AvgIpc) is 3.02. The minimum absolute atomic E-state index is 0.0171. The number of nitrogen functional groups attached to an aromatic ring is 1. The molecule has 2 aromatic heterocycles. The second kappa shape index (κ2) is 6.77. The maximum Gasteiger partial charge on any atom is 0.280 e. The van der Waals surface area contributed by atoms with E-state index in [9.17, 15) is 18.7 Å². The van der Waals surface area contributed by atoms with E-state index < -0.39 is 30.9 Å². The molecule has 22 heavy (non-hydrogen) atoms. The summed E-state index contributed by atoms with van der Waals surface area (Å²) in [6.07, 6.45) is -0.270. The Morgan fingerprint density at radius 2 is 2.23 bits per heavy atom. The summed E-state index contributed by atoms with van der Waals surface area (Å²) in [4.78, 5) is 22.0. The summed E-state index contributed by atoms with van der Waals surface area (Å²) in [5.41, 5.74) is 5.50. The van der Waals surface area contributed by atoms with E-state index in [0.717, 1.165) is 0 Å². The number of imidazole rings is 1. The van der Waals surface area contributed by atoms with Crippen molar-refractivity contribution in [3.63, 3.8) is 0 Å². The van der Waals surface area contributed by atoms with Gasteiger partial charge in [-0.2, -0.15) is 4.98 Å². The lowest BCUT2D eigenvalue weighted by atomic mass is 10.2. The van der Waals surface area contributed by atoms with Crippen molar-refractivity contribution in [2.45, 2.75) is 24.9 Å². The zero-order valence-corrected chi connectivity index (χ0v) is 11.3. The summed E-state index contributed by atoms with van der Waals surface area (Å²) < 4.78 is 26.3. The number of nitrogens with one attached hydrogen (secondary N) is 1. The van der Waals surface area contributed by atoms with Crippen LogP contribution in [-0.4, -0.2) is 55.5 Å². The second-order valence-corrected chi connectivity index (χ2v) is 4.49. The number of aliphatic hydroxyl groups excluding tert-OH is 2. The number of rotatable bonds is 2. The molecule has 3 rings (SSSR count). The van der Waals surface area contributed by atoms with Crippen LogP contribution in [0.15, 0.2) is 11.1 Å². The van der Waals surface area contributed by atoms with Crippen LogP contribution >= 0.6 is 0 Å². The van der Waals surface area contributed by atoms with Gasteiger partial charge in [0.2, 0.25) is 12.9 Å². The van der Waals surface area contributed by atoms with Gasteiger partial charge in [-0.15, -0.1) is 0 Å². The first kappa shape index (κ1) is 16.3. The lowest BCUT2D eigenvalue weighted by Crippen LogP contribution is -2.24. The van der Waals surface area contributed by atoms with Gasteiger partial charge in [0.1, 0.15) is 12.3 Å². The number of nitrogens with two attached hydrogens (primary N) is 1. The summed E-state index contributed by atoms with van der Waals surface area (Å²) in [6.45, 7) is -2.03. The Hall–Kier alpha value is -2.11. The van der Waals surface area contributed by atoms with Crippen molar-refractivity contribution in [3.05, 3.63) is 16.7 Å². The van der Waals surface area contributed by atoms with Crippen LogP contribution in [0.1, 0.15) is 12.6 Å².